The molecular formula is C22H24N4O. The van der Waals surface area contributed by atoms with Crippen LogP contribution in [0.4, 0.5) is 0 Å². The first-order valence-corrected chi connectivity index (χ1v) is 9.67. The monoisotopic (exact) mass is 360 g/mol. The minimum absolute atomic E-state index is 0.0729. The summed E-state index contributed by atoms with van der Waals surface area (Å²) in [6.07, 6.45) is 4.53. The van der Waals surface area contributed by atoms with Crippen LogP contribution in [-0.2, 0) is 0 Å². The van der Waals surface area contributed by atoms with Crippen LogP contribution in [0.5, 0.6) is 0 Å². The molecule has 0 spiro atoms. The van der Waals surface area contributed by atoms with E-state index in [-0.39, 0.29) is 11.7 Å². The number of benzene rings is 2. The zero-order valence-corrected chi connectivity index (χ0v) is 15.6. The Balaban J connectivity index is 1.76. The van der Waals surface area contributed by atoms with Crippen molar-refractivity contribution in [3.8, 4) is 17.1 Å². The minimum atomic E-state index is -0.0729. The fraction of sp³-hybridized carbons (Fsp3) is 0.318. The van der Waals surface area contributed by atoms with Crippen molar-refractivity contribution in [2.45, 2.75) is 38.6 Å². The largest absolute Gasteiger partial charge is 0.333 e. The van der Waals surface area contributed by atoms with Crippen LogP contribution in [0.25, 0.3) is 17.1 Å². The number of carbonyl (C=O) groups is 1. The van der Waals surface area contributed by atoms with Crippen LogP contribution in [0.1, 0.15) is 43.2 Å². The fourth-order valence-corrected chi connectivity index (χ4v) is 3.84. The van der Waals surface area contributed by atoms with Crippen LogP contribution in [-0.4, -0.2) is 38.2 Å². The molecule has 0 radical (unpaired) electrons. The van der Waals surface area contributed by atoms with Crippen LogP contribution < -0.4 is 0 Å². The maximum Gasteiger partial charge on any atom is 0.293 e. The van der Waals surface area contributed by atoms with Gasteiger partial charge >= 0.3 is 0 Å². The fourth-order valence-electron chi connectivity index (χ4n) is 3.84. The first kappa shape index (κ1) is 17.5. The van der Waals surface area contributed by atoms with Crippen LogP contribution in [0, 0.1) is 0 Å². The molecule has 3 aromatic rings. The van der Waals surface area contributed by atoms with Crippen molar-refractivity contribution in [2.24, 2.45) is 0 Å². The number of hydrogen-bond donors (Lipinski definition) is 0. The molecule has 0 unspecified atom stereocenters. The number of nitrogens with zero attached hydrogens (tertiary/aromatic N) is 4. The van der Waals surface area contributed by atoms with Crippen LogP contribution in [0.15, 0.2) is 60.7 Å². The average Bonchev–Trinajstić information content (AvgIpc) is 3.40. The lowest BCUT2D eigenvalue weighted by Gasteiger charge is -2.26. The molecule has 1 saturated carbocycles. The van der Waals surface area contributed by atoms with Gasteiger partial charge in [0.1, 0.15) is 0 Å². The number of carbonyl (C=O) groups excluding carboxylic acids is 1. The molecule has 4 rings (SSSR count). The zero-order chi connectivity index (χ0) is 18.6. The van der Waals surface area contributed by atoms with E-state index < -0.39 is 0 Å². The molecule has 1 heterocycles. The molecule has 27 heavy (non-hydrogen) atoms. The van der Waals surface area contributed by atoms with Gasteiger partial charge in [-0.25, -0.2) is 9.67 Å². The Hall–Kier alpha value is -2.95. The molecule has 1 fully saturated rings. The van der Waals surface area contributed by atoms with Crippen molar-refractivity contribution in [2.75, 3.05) is 6.54 Å². The van der Waals surface area contributed by atoms with Gasteiger partial charge in [-0.15, -0.1) is 5.10 Å². The third-order valence-corrected chi connectivity index (χ3v) is 5.20. The number of aromatic nitrogens is 3. The second-order valence-corrected chi connectivity index (χ2v) is 6.90. The van der Waals surface area contributed by atoms with E-state index in [1.807, 2.05) is 72.5 Å². The number of amides is 1. The highest BCUT2D eigenvalue weighted by molar-refractivity contribution is 5.91. The van der Waals surface area contributed by atoms with Gasteiger partial charge in [0.15, 0.2) is 5.82 Å². The Bertz CT molecular complexity index is 842. The van der Waals surface area contributed by atoms with Crippen LogP contribution >= 0.6 is 0 Å². The molecule has 1 amide bonds. The third-order valence-electron chi connectivity index (χ3n) is 5.20. The highest BCUT2D eigenvalue weighted by Gasteiger charge is 2.29. The Morgan fingerprint density at radius 1 is 1.04 bits per heavy atom. The Morgan fingerprint density at radius 2 is 1.67 bits per heavy atom. The topological polar surface area (TPSA) is 51.0 Å². The summed E-state index contributed by atoms with van der Waals surface area (Å²) >= 11 is 0. The van der Waals surface area contributed by atoms with Gasteiger partial charge in [0.25, 0.3) is 5.91 Å². The van der Waals surface area contributed by atoms with Crippen molar-refractivity contribution in [3.05, 3.63) is 66.5 Å². The summed E-state index contributed by atoms with van der Waals surface area (Å²) < 4.78 is 1.77. The maximum atomic E-state index is 13.2. The predicted molar refractivity (Wildman–Crippen MR) is 106 cm³/mol. The summed E-state index contributed by atoms with van der Waals surface area (Å²) in [5, 5.41) is 4.61. The van der Waals surface area contributed by atoms with E-state index in [1.54, 1.807) is 4.68 Å². The van der Waals surface area contributed by atoms with E-state index in [4.69, 9.17) is 0 Å². The van der Waals surface area contributed by atoms with Gasteiger partial charge in [0.05, 0.1) is 5.69 Å². The van der Waals surface area contributed by atoms with E-state index in [1.165, 1.54) is 12.8 Å². The van der Waals surface area contributed by atoms with Gasteiger partial charge in [-0.2, -0.15) is 0 Å². The Kier molecular flexibility index (Phi) is 5.01. The highest BCUT2D eigenvalue weighted by atomic mass is 16.2. The lowest BCUT2D eigenvalue weighted by atomic mass is 10.2. The van der Waals surface area contributed by atoms with Gasteiger partial charge in [0.2, 0.25) is 5.82 Å². The number of para-hydroxylation sites is 1. The van der Waals surface area contributed by atoms with Crippen molar-refractivity contribution >= 4 is 5.91 Å². The molecule has 138 valence electrons. The molecule has 0 N–H and O–H groups in total. The van der Waals surface area contributed by atoms with Gasteiger partial charge in [-0.1, -0.05) is 61.4 Å². The Labute approximate surface area is 159 Å². The molecule has 5 heteroatoms. The maximum absolute atomic E-state index is 13.2. The normalized spacial score (nSPS) is 14.4. The van der Waals surface area contributed by atoms with Crippen LogP contribution in [0.3, 0.4) is 0 Å². The quantitative estimate of drug-likeness (QED) is 0.680. The Morgan fingerprint density at radius 3 is 2.30 bits per heavy atom. The molecule has 0 saturated heterocycles. The van der Waals surface area contributed by atoms with E-state index in [0.29, 0.717) is 18.4 Å². The summed E-state index contributed by atoms with van der Waals surface area (Å²) in [4.78, 5) is 19.8. The smallest absolute Gasteiger partial charge is 0.293 e. The summed E-state index contributed by atoms with van der Waals surface area (Å²) in [5.41, 5.74) is 1.84. The van der Waals surface area contributed by atoms with Gasteiger partial charge in [-0.05, 0) is 31.9 Å². The lowest BCUT2D eigenvalue weighted by molar-refractivity contribution is 0.0681. The molecule has 1 aromatic heterocycles. The van der Waals surface area contributed by atoms with E-state index in [0.717, 1.165) is 24.1 Å². The van der Waals surface area contributed by atoms with Crippen molar-refractivity contribution < 1.29 is 4.79 Å². The molecule has 5 nitrogen and oxygen atoms in total. The third kappa shape index (κ3) is 3.50. The van der Waals surface area contributed by atoms with Crippen LogP contribution in [0.2, 0.25) is 0 Å². The van der Waals surface area contributed by atoms with E-state index >= 15 is 0 Å². The standard InChI is InChI=1S/C22H24N4O/c1-2-25(18-13-9-10-14-18)22(27)20-23-21(17-11-5-3-6-12-17)26(24-20)19-15-7-4-8-16-19/h3-8,11-12,15-16,18H,2,9-10,13-14H2,1H3. The molecule has 0 aliphatic heterocycles. The first-order chi connectivity index (χ1) is 13.3. The van der Waals surface area contributed by atoms with E-state index in [2.05, 4.69) is 10.1 Å². The van der Waals surface area contributed by atoms with Crippen molar-refractivity contribution in [1.82, 2.24) is 19.7 Å². The summed E-state index contributed by atoms with van der Waals surface area (Å²) in [7, 11) is 0. The summed E-state index contributed by atoms with van der Waals surface area (Å²) in [6.45, 7) is 2.71. The molecule has 1 aliphatic carbocycles. The zero-order valence-electron chi connectivity index (χ0n) is 15.6. The average molecular weight is 360 g/mol. The highest BCUT2D eigenvalue weighted by Crippen LogP contribution is 2.26. The molecular weight excluding hydrogens is 336 g/mol. The number of hydrogen-bond acceptors (Lipinski definition) is 3. The molecule has 2 aromatic carbocycles. The first-order valence-electron chi connectivity index (χ1n) is 9.67. The summed E-state index contributed by atoms with van der Waals surface area (Å²) in [5.74, 6) is 0.885. The molecule has 1 aliphatic rings. The minimum Gasteiger partial charge on any atom is -0.333 e. The second-order valence-electron chi connectivity index (χ2n) is 6.90. The summed E-state index contributed by atoms with van der Waals surface area (Å²) in [6, 6.07) is 20.0. The molecule has 0 bridgehead atoms. The van der Waals surface area contributed by atoms with Gasteiger partial charge in [0, 0.05) is 18.2 Å². The van der Waals surface area contributed by atoms with Gasteiger partial charge in [-0.3, -0.25) is 4.79 Å². The molecule has 0 atom stereocenters. The lowest BCUT2D eigenvalue weighted by Crippen LogP contribution is -2.39. The predicted octanol–water partition coefficient (Wildman–Crippen LogP) is 4.34. The SMILES string of the molecule is CCN(C(=O)c1nc(-c2ccccc2)n(-c2ccccc2)n1)C1CCCC1. The van der Waals surface area contributed by atoms with Gasteiger partial charge < -0.3 is 4.90 Å². The van der Waals surface area contributed by atoms with Crippen molar-refractivity contribution in [3.63, 3.8) is 0 Å². The van der Waals surface area contributed by atoms with E-state index in [9.17, 15) is 4.79 Å². The second kappa shape index (κ2) is 7.74. The van der Waals surface area contributed by atoms with Crippen molar-refractivity contribution in [1.29, 1.82) is 0 Å². The number of rotatable bonds is 5.